The van der Waals surface area contributed by atoms with Gasteiger partial charge in [-0.05, 0) is 38.8 Å². The van der Waals surface area contributed by atoms with Crippen LogP contribution in [-0.2, 0) is 13.0 Å². The molecule has 4 rings (SSSR count). The summed E-state index contributed by atoms with van der Waals surface area (Å²) in [6.07, 6.45) is 5.26. The lowest BCUT2D eigenvalue weighted by molar-refractivity contribution is 0.0950. The summed E-state index contributed by atoms with van der Waals surface area (Å²) in [5.74, 6) is 1.37. The number of hydrogen-bond donors (Lipinski definition) is 1. The first-order valence-electron chi connectivity index (χ1n) is 8.73. The number of rotatable bonds is 4. The highest BCUT2D eigenvalue weighted by molar-refractivity contribution is 7.14. The SMILES string of the molecule is Cc1cnc(CNC(=O)c2nc3c(s2)CCCN3c2ccc(C)nn2)cn1. The Morgan fingerprint density at radius 1 is 1.19 bits per heavy atom. The summed E-state index contributed by atoms with van der Waals surface area (Å²) < 4.78 is 0. The van der Waals surface area contributed by atoms with Crippen LogP contribution in [-0.4, -0.2) is 37.6 Å². The molecular weight excluding hydrogens is 362 g/mol. The predicted molar refractivity (Wildman–Crippen MR) is 102 cm³/mol. The molecule has 3 aromatic rings. The Kier molecular flexibility index (Phi) is 4.76. The van der Waals surface area contributed by atoms with Crippen LogP contribution in [0, 0.1) is 13.8 Å². The van der Waals surface area contributed by atoms with E-state index in [4.69, 9.17) is 0 Å². The second-order valence-corrected chi connectivity index (χ2v) is 7.47. The van der Waals surface area contributed by atoms with E-state index in [1.807, 2.05) is 30.9 Å². The normalized spacial score (nSPS) is 13.3. The Bertz CT molecular complexity index is 953. The largest absolute Gasteiger partial charge is 0.344 e. The van der Waals surface area contributed by atoms with Gasteiger partial charge in [0.25, 0.3) is 5.91 Å². The molecule has 0 aliphatic carbocycles. The van der Waals surface area contributed by atoms with Crippen LogP contribution in [0.5, 0.6) is 0 Å². The summed E-state index contributed by atoms with van der Waals surface area (Å²) in [5, 5.41) is 11.7. The maximum absolute atomic E-state index is 12.5. The van der Waals surface area contributed by atoms with Gasteiger partial charge in [-0.15, -0.1) is 16.4 Å². The van der Waals surface area contributed by atoms with E-state index in [9.17, 15) is 4.79 Å². The van der Waals surface area contributed by atoms with Gasteiger partial charge in [0.1, 0.15) is 5.82 Å². The van der Waals surface area contributed by atoms with Crippen LogP contribution in [0.2, 0.25) is 0 Å². The van der Waals surface area contributed by atoms with Gasteiger partial charge in [-0.3, -0.25) is 14.8 Å². The summed E-state index contributed by atoms with van der Waals surface area (Å²) in [4.78, 5) is 28.7. The smallest absolute Gasteiger partial charge is 0.280 e. The first kappa shape index (κ1) is 17.5. The molecule has 0 bridgehead atoms. The van der Waals surface area contributed by atoms with E-state index >= 15 is 0 Å². The molecule has 4 heterocycles. The lowest BCUT2D eigenvalue weighted by Crippen LogP contribution is -2.26. The zero-order valence-corrected chi connectivity index (χ0v) is 16.0. The van der Waals surface area contributed by atoms with Crippen LogP contribution >= 0.6 is 11.3 Å². The lowest BCUT2D eigenvalue weighted by Gasteiger charge is -2.25. The Labute approximate surface area is 160 Å². The third-order valence-electron chi connectivity index (χ3n) is 4.24. The van der Waals surface area contributed by atoms with Gasteiger partial charge in [0.15, 0.2) is 10.8 Å². The van der Waals surface area contributed by atoms with Crippen molar-refractivity contribution < 1.29 is 4.79 Å². The second kappa shape index (κ2) is 7.36. The van der Waals surface area contributed by atoms with E-state index in [1.165, 1.54) is 11.3 Å². The zero-order chi connectivity index (χ0) is 18.8. The molecule has 0 saturated heterocycles. The number of fused-ring (bicyclic) bond motifs is 1. The van der Waals surface area contributed by atoms with Crippen molar-refractivity contribution in [1.29, 1.82) is 0 Å². The molecule has 0 unspecified atom stereocenters. The quantitative estimate of drug-likeness (QED) is 0.741. The molecular formula is C18H19N7OS. The average Bonchev–Trinajstić information content (AvgIpc) is 3.12. The van der Waals surface area contributed by atoms with Crippen LogP contribution in [0.15, 0.2) is 24.5 Å². The van der Waals surface area contributed by atoms with E-state index in [0.29, 0.717) is 17.2 Å². The minimum atomic E-state index is -0.202. The van der Waals surface area contributed by atoms with Gasteiger partial charge >= 0.3 is 0 Å². The fraction of sp³-hybridized carbons (Fsp3) is 0.333. The maximum Gasteiger partial charge on any atom is 0.280 e. The number of thiazole rings is 1. The summed E-state index contributed by atoms with van der Waals surface area (Å²) in [6, 6.07) is 3.87. The molecule has 1 amide bonds. The van der Waals surface area contributed by atoms with Crippen molar-refractivity contribution in [3.05, 3.63) is 51.5 Å². The molecule has 1 aliphatic heterocycles. The Balaban J connectivity index is 1.51. The standard InChI is InChI=1S/C18H19N7OS/c1-11-5-6-15(24-23-11)25-7-3-4-14-16(25)22-18(27-14)17(26)21-10-13-9-19-12(2)8-20-13/h5-6,8-9H,3-4,7,10H2,1-2H3,(H,21,26). The molecule has 1 N–H and O–H groups in total. The van der Waals surface area contributed by atoms with E-state index in [1.54, 1.807) is 12.4 Å². The van der Waals surface area contributed by atoms with E-state index in [2.05, 4.69) is 30.5 Å². The number of anilines is 2. The summed E-state index contributed by atoms with van der Waals surface area (Å²) >= 11 is 1.43. The molecule has 138 valence electrons. The summed E-state index contributed by atoms with van der Waals surface area (Å²) in [7, 11) is 0. The van der Waals surface area contributed by atoms with Gasteiger partial charge in [-0.25, -0.2) is 4.98 Å². The maximum atomic E-state index is 12.5. The average molecular weight is 381 g/mol. The molecule has 27 heavy (non-hydrogen) atoms. The van der Waals surface area contributed by atoms with Gasteiger partial charge in [0.2, 0.25) is 0 Å². The second-order valence-electron chi connectivity index (χ2n) is 6.39. The Hall–Kier alpha value is -2.94. The van der Waals surface area contributed by atoms with Crippen LogP contribution in [0.25, 0.3) is 0 Å². The van der Waals surface area contributed by atoms with E-state index in [-0.39, 0.29) is 5.91 Å². The number of aromatic nitrogens is 5. The molecule has 0 aromatic carbocycles. The number of amides is 1. The predicted octanol–water partition coefficient (Wildman–Crippen LogP) is 2.35. The molecule has 1 aliphatic rings. The third-order valence-corrected chi connectivity index (χ3v) is 5.34. The highest BCUT2D eigenvalue weighted by Gasteiger charge is 2.26. The van der Waals surface area contributed by atoms with Gasteiger partial charge in [-0.2, -0.15) is 5.10 Å². The first-order chi connectivity index (χ1) is 13.1. The van der Waals surface area contributed by atoms with Crippen molar-refractivity contribution in [1.82, 2.24) is 30.5 Å². The van der Waals surface area contributed by atoms with Gasteiger partial charge < -0.3 is 10.2 Å². The fourth-order valence-corrected chi connectivity index (χ4v) is 3.86. The molecule has 0 saturated carbocycles. The number of hydrogen-bond acceptors (Lipinski definition) is 8. The van der Waals surface area contributed by atoms with Crippen molar-refractivity contribution in [3.8, 4) is 0 Å². The van der Waals surface area contributed by atoms with Crippen molar-refractivity contribution in [2.75, 3.05) is 11.4 Å². The monoisotopic (exact) mass is 381 g/mol. The van der Waals surface area contributed by atoms with Crippen molar-refractivity contribution >= 4 is 28.9 Å². The molecule has 0 radical (unpaired) electrons. The van der Waals surface area contributed by atoms with Crippen molar-refractivity contribution in [2.24, 2.45) is 0 Å². The highest BCUT2D eigenvalue weighted by atomic mass is 32.1. The fourth-order valence-electron chi connectivity index (χ4n) is 2.83. The molecule has 0 atom stereocenters. The summed E-state index contributed by atoms with van der Waals surface area (Å²) in [6.45, 7) is 4.92. The van der Waals surface area contributed by atoms with Crippen LogP contribution in [0.3, 0.4) is 0 Å². The van der Waals surface area contributed by atoms with Crippen molar-refractivity contribution in [3.63, 3.8) is 0 Å². The van der Waals surface area contributed by atoms with Gasteiger partial charge in [-0.1, -0.05) is 0 Å². The van der Waals surface area contributed by atoms with E-state index in [0.717, 1.165) is 47.3 Å². The van der Waals surface area contributed by atoms with Crippen LogP contribution in [0.1, 0.15) is 38.2 Å². The topological polar surface area (TPSA) is 96.8 Å². The first-order valence-corrected chi connectivity index (χ1v) is 9.55. The number of aryl methyl sites for hydroxylation is 3. The third kappa shape index (κ3) is 3.77. The number of nitrogens with one attached hydrogen (secondary N) is 1. The number of carbonyl (C=O) groups excluding carboxylic acids is 1. The Morgan fingerprint density at radius 2 is 2.07 bits per heavy atom. The molecule has 0 fully saturated rings. The minimum Gasteiger partial charge on any atom is -0.344 e. The highest BCUT2D eigenvalue weighted by Crippen LogP contribution is 2.35. The molecule has 3 aromatic heterocycles. The number of nitrogens with zero attached hydrogens (tertiary/aromatic N) is 6. The van der Waals surface area contributed by atoms with Gasteiger partial charge in [0.05, 0.1) is 29.8 Å². The molecule has 0 spiro atoms. The molecule has 9 heteroatoms. The molecule has 8 nitrogen and oxygen atoms in total. The van der Waals surface area contributed by atoms with Crippen LogP contribution < -0.4 is 10.2 Å². The lowest BCUT2D eigenvalue weighted by atomic mass is 10.2. The van der Waals surface area contributed by atoms with Gasteiger partial charge in [0, 0.05) is 17.6 Å². The summed E-state index contributed by atoms with van der Waals surface area (Å²) in [5.41, 5.74) is 2.43. The Morgan fingerprint density at radius 3 is 2.81 bits per heavy atom. The van der Waals surface area contributed by atoms with Crippen LogP contribution in [0.4, 0.5) is 11.6 Å². The minimum absolute atomic E-state index is 0.202. The van der Waals surface area contributed by atoms with E-state index < -0.39 is 0 Å². The van der Waals surface area contributed by atoms with Crippen molar-refractivity contribution in [2.45, 2.75) is 33.2 Å². The zero-order valence-electron chi connectivity index (χ0n) is 15.1. The number of carbonyl (C=O) groups is 1.